The van der Waals surface area contributed by atoms with Crippen LogP contribution in [-0.2, 0) is 14.2 Å². The van der Waals surface area contributed by atoms with Crippen LogP contribution in [0.5, 0.6) is 0 Å². The fourth-order valence-electron chi connectivity index (χ4n) is 2.62. The molecule has 3 saturated carbocycles. The molecule has 1 N–H and O–H groups in total. The Labute approximate surface area is 149 Å². The van der Waals surface area contributed by atoms with Gasteiger partial charge in [-0.15, -0.1) is 0 Å². The van der Waals surface area contributed by atoms with E-state index in [9.17, 15) is 0 Å². The standard InChI is InChI=1S/C7H15NO.C6H13NO.C6H12O/c1-4-9-7(5-6-7)8(2)3;1-3-8-6(7-2)4-5-6;1-3-7-6(2)4-5-6/h4-6H2,1-3H3;7H,3-5H2,1-2H3;3-5H2,1-2H3. The van der Waals surface area contributed by atoms with Gasteiger partial charge in [0.05, 0.1) is 5.60 Å². The van der Waals surface area contributed by atoms with Crippen molar-refractivity contribution >= 4 is 0 Å². The van der Waals surface area contributed by atoms with Gasteiger partial charge < -0.3 is 14.2 Å². The van der Waals surface area contributed by atoms with Crippen LogP contribution in [0.25, 0.3) is 0 Å². The Kier molecular flexibility index (Phi) is 8.63. The lowest BCUT2D eigenvalue weighted by Gasteiger charge is -2.22. The van der Waals surface area contributed by atoms with Crippen LogP contribution < -0.4 is 5.32 Å². The normalized spacial score (nSPS) is 23.5. The van der Waals surface area contributed by atoms with Crippen LogP contribution in [0.1, 0.15) is 66.2 Å². The highest BCUT2D eigenvalue weighted by Gasteiger charge is 2.45. The van der Waals surface area contributed by atoms with Crippen molar-refractivity contribution in [3.05, 3.63) is 0 Å². The average molecular weight is 345 g/mol. The van der Waals surface area contributed by atoms with Crippen molar-refractivity contribution in [3.8, 4) is 0 Å². The second-order valence-electron chi connectivity index (χ2n) is 7.33. The number of hydrogen-bond acceptors (Lipinski definition) is 5. The largest absolute Gasteiger partial charge is 0.376 e. The Bertz CT molecular complexity index is 349. The van der Waals surface area contributed by atoms with Crippen molar-refractivity contribution in [2.24, 2.45) is 0 Å². The van der Waals surface area contributed by atoms with E-state index in [1.165, 1.54) is 38.5 Å². The summed E-state index contributed by atoms with van der Waals surface area (Å²) in [4.78, 5) is 2.16. The molecule has 0 bridgehead atoms. The van der Waals surface area contributed by atoms with Crippen molar-refractivity contribution in [2.45, 2.75) is 83.3 Å². The van der Waals surface area contributed by atoms with Crippen molar-refractivity contribution in [1.29, 1.82) is 0 Å². The first-order valence-electron chi connectivity index (χ1n) is 9.59. The van der Waals surface area contributed by atoms with Crippen molar-refractivity contribution < 1.29 is 14.2 Å². The Balaban J connectivity index is 0.000000181. The zero-order valence-corrected chi connectivity index (χ0v) is 17.0. The molecular weight excluding hydrogens is 304 g/mol. The molecule has 0 heterocycles. The molecule has 3 aliphatic carbocycles. The quantitative estimate of drug-likeness (QED) is 0.684. The molecule has 5 heteroatoms. The zero-order valence-electron chi connectivity index (χ0n) is 17.0. The maximum atomic E-state index is 5.53. The number of rotatable bonds is 8. The summed E-state index contributed by atoms with van der Waals surface area (Å²) >= 11 is 0. The van der Waals surface area contributed by atoms with E-state index in [0.29, 0.717) is 5.60 Å². The van der Waals surface area contributed by atoms with Crippen LogP contribution in [0.4, 0.5) is 0 Å². The molecule has 0 aromatic carbocycles. The molecule has 0 atom stereocenters. The average Bonchev–Trinajstić information content (AvgIpc) is 3.39. The second-order valence-corrected chi connectivity index (χ2v) is 7.33. The fraction of sp³-hybridized carbons (Fsp3) is 1.00. The Morgan fingerprint density at radius 2 is 1.29 bits per heavy atom. The van der Waals surface area contributed by atoms with Gasteiger partial charge in [-0.2, -0.15) is 0 Å². The molecule has 0 aliphatic heterocycles. The molecule has 3 rings (SSSR count). The monoisotopic (exact) mass is 344 g/mol. The third-order valence-corrected chi connectivity index (χ3v) is 4.93. The lowest BCUT2D eigenvalue weighted by atomic mass is 10.4. The molecule has 0 aromatic rings. The van der Waals surface area contributed by atoms with Gasteiger partial charge in [-0.05, 0) is 87.4 Å². The zero-order chi connectivity index (χ0) is 18.3. The van der Waals surface area contributed by atoms with Gasteiger partial charge in [0.2, 0.25) is 0 Å². The molecule has 0 saturated heterocycles. The van der Waals surface area contributed by atoms with Gasteiger partial charge in [-0.25, -0.2) is 0 Å². The van der Waals surface area contributed by atoms with Crippen LogP contribution >= 0.6 is 0 Å². The van der Waals surface area contributed by atoms with Gasteiger partial charge in [0.15, 0.2) is 0 Å². The van der Waals surface area contributed by atoms with Gasteiger partial charge in [0, 0.05) is 19.8 Å². The van der Waals surface area contributed by atoms with Crippen molar-refractivity contribution in [3.63, 3.8) is 0 Å². The summed E-state index contributed by atoms with van der Waals surface area (Å²) in [5.74, 6) is 0. The minimum absolute atomic E-state index is 0.0920. The molecule has 144 valence electrons. The van der Waals surface area contributed by atoms with E-state index in [-0.39, 0.29) is 11.4 Å². The fourth-order valence-corrected chi connectivity index (χ4v) is 2.62. The maximum Gasteiger partial charge on any atom is 0.121 e. The van der Waals surface area contributed by atoms with Crippen LogP contribution in [0.2, 0.25) is 0 Å². The lowest BCUT2D eigenvalue weighted by Crippen LogP contribution is -2.32. The lowest BCUT2D eigenvalue weighted by molar-refractivity contribution is -0.0537. The first kappa shape index (κ1) is 21.8. The first-order chi connectivity index (χ1) is 11.3. The van der Waals surface area contributed by atoms with Gasteiger partial charge >= 0.3 is 0 Å². The summed E-state index contributed by atoms with van der Waals surface area (Å²) in [5, 5.41) is 3.13. The van der Waals surface area contributed by atoms with Gasteiger partial charge in [-0.3, -0.25) is 10.2 Å². The predicted octanol–water partition coefficient (Wildman–Crippen LogP) is 3.38. The molecular formula is C19H40N2O3. The third-order valence-electron chi connectivity index (χ3n) is 4.93. The Hall–Kier alpha value is -0.200. The van der Waals surface area contributed by atoms with E-state index in [2.05, 4.69) is 31.2 Å². The summed E-state index contributed by atoms with van der Waals surface area (Å²) < 4.78 is 16.2. The SMILES string of the molecule is CCOC1(C)CC1.CCOC1(N(C)C)CC1.CCOC1(NC)CC1. The highest BCUT2D eigenvalue weighted by Crippen LogP contribution is 2.40. The van der Waals surface area contributed by atoms with E-state index in [1.54, 1.807) is 0 Å². The molecule has 24 heavy (non-hydrogen) atoms. The summed E-state index contributed by atoms with van der Waals surface area (Å²) in [6, 6.07) is 0. The van der Waals surface area contributed by atoms with Gasteiger partial charge in [0.25, 0.3) is 0 Å². The maximum absolute atomic E-state index is 5.53. The topological polar surface area (TPSA) is 43.0 Å². The molecule has 0 radical (unpaired) electrons. The van der Waals surface area contributed by atoms with E-state index in [0.717, 1.165) is 19.8 Å². The summed E-state index contributed by atoms with van der Waals surface area (Å²) in [6.07, 6.45) is 7.29. The van der Waals surface area contributed by atoms with Crippen LogP contribution in [0, 0.1) is 0 Å². The Morgan fingerprint density at radius 1 is 0.792 bits per heavy atom. The summed E-state index contributed by atoms with van der Waals surface area (Å²) in [6.45, 7) is 10.8. The van der Waals surface area contributed by atoms with E-state index in [1.807, 2.05) is 27.8 Å². The van der Waals surface area contributed by atoms with Crippen LogP contribution in [0.3, 0.4) is 0 Å². The molecule has 0 amide bonds. The van der Waals surface area contributed by atoms with Gasteiger partial charge in [0.1, 0.15) is 11.4 Å². The minimum atomic E-state index is 0.0920. The summed E-state index contributed by atoms with van der Waals surface area (Å²) in [7, 11) is 6.09. The number of hydrogen-bond donors (Lipinski definition) is 1. The molecule has 0 unspecified atom stereocenters. The highest BCUT2D eigenvalue weighted by molar-refractivity contribution is 4.92. The van der Waals surface area contributed by atoms with E-state index < -0.39 is 0 Å². The van der Waals surface area contributed by atoms with E-state index in [4.69, 9.17) is 14.2 Å². The number of ether oxygens (including phenoxy) is 3. The highest BCUT2D eigenvalue weighted by atomic mass is 16.5. The van der Waals surface area contributed by atoms with Crippen LogP contribution in [0.15, 0.2) is 0 Å². The summed E-state index contributed by atoms with van der Waals surface area (Å²) in [5.41, 5.74) is 0.526. The smallest absolute Gasteiger partial charge is 0.121 e. The second kappa shape index (κ2) is 9.48. The van der Waals surface area contributed by atoms with E-state index >= 15 is 0 Å². The molecule has 0 spiro atoms. The van der Waals surface area contributed by atoms with Crippen molar-refractivity contribution in [1.82, 2.24) is 10.2 Å². The minimum Gasteiger partial charge on any atom is -0.376 e. The molecule has 0 aromatic heterocycles. The molecule has 5 nitrogen and oxygen atoms in total. The molecule has 3 fully saturated rings. The van der Waals surface area contributed by atoms with Crippen molar-refractivity contribution in [2.75, 3.05) is 41.0 Å². The predicted molar refractivity (Wildman–Crippen MR) is 99.2 cm³/mol. The van der Waals surface area contributed by atoms with Crippen LogP contribution in [-0.4, -0.2) is 62.9 Å². The van der Waals surface area contributed by atoms with Gasteiger partial charge in [-0.1, -0.05) is 0 Å². The Morgan fingerprint density at radius 3 is 1.42 bits per heavy atom. The number of nitrogens with zero attached hydrogens (tertiary/aromatic N) is 1. The third kappa shape index (κ3) is 7.36. The molecule has 3 aliphatic rings. The number of nitrogens with one attached hydrogen (secondary N) is 1. The first-order valence-corrected chi connectivity index (χ1v) is 9.59.